The standard InChI is InChI=1S/C16H20N4O3S/c1-8-11-15(24-12(8)14(22)18-9(2)13(17)21)19-10-6-4-3-5-7-20(10)16(11)23/h9H,3-7H2,1-2H3,(H2,17,21)(H,18,22). The summed E-state index contributed by atoms with van der Waals surface area (Å²) in [5.41, 5.74) is 5.72. The van der Waals surface area contributed by atoms with Gasteiger partial charge in [0.15, 0.2) is 0 Å². The summed E-state index contributed by atoms with van der Waals surface area (Å²) in [5, 5.41) is 3.06. The Balaban J connectivity index is 2.08. The van der Waals surface area contributed by atoms with Crippen LogP contribution in [0.4, 0.5) is 0 Å². The SMILES string of the molecule is Cc1c(C(=O)NC(C)C(N)=O)sc2nc3n(c(=O)c12)CCCCC3. The van der Waals surface area contributed by atoms with Crippen LogP contribution < -0.4 is 16.6 Å². The van der Waals surface area contributed by atoms with E-state index in [1.165, 1.54) is 18.3 Å². The van der Waals surface area contributed by atoms with Gasteiger partial charge in [-0.25, -0.2) is 4.98 Å². The first-order valence-electron chi connectivity index (χ1n) is 8.03. The van der Waals surface area contributed by atoms with E-state index in [0.717, 1.165) is 31.5 Å². The molecule has 0 saturated heterocycles. The summed E-state index contributed by atoms with van der Waals surface area (Å²) in [5.74, 6) is -0.211. The highest BCUT2D eigenvalue weighted by Crippen LogP contribution is 2.28. The van der Waals surface area contributed by atoms with Gasteiger partial charge < -0.3 is 11.1 Å². The van der Waals surface area contributed by atoms with Gasteiger partial charge in [0.05, 0.1) is 10.3 Å². The fraction of sp³-hybridized carbons (Fsp3) is 0.500. The zero-order chi connectivity index (χ0) is 17.4. The molecule has 3 heterocycles. The van der Waals surface area contributed by atoms with Crippen molar-refractivity contribution in [2.45, 2.75) is 52.1 Å². The first-order valence-corrected chi connectivity index (χ1v) is 8.84. The van der Waals surface area contributed by atoms with Gasteiger partial charge in [-0.15, -0.1) is 11.3 Å². The number of fused-ring (bicyclic) bond motifs is 2. The molecule has 0 aromatic carbocycles. The van der Waals surface area contributed by atoms with Crippen LogP contribution in [-0.4, -0.2) is 27.4 Å². The van der Waals surface area contributed by atoms with Gasteiger partial charge >= 0.3 is 0 Å². The summed E-state index contributed by atoms with van der Waals surface area (Å²) < 4.78 is 1.74. The van der Waals surface area contributed by atoms with Crippen LogP contribution in [0.25, 0.3) is 10.2 Å². The lowest BCUT2D eigenvalue weighted by Gasteiger charge is -2.09. The molecule has 1 atom stereocenters. The lowest BCUT2D eigenvalue weighted by atomic mass is 10.2. The van der Waals surface area contributed by atoms with Crippen molar-refractivity contribution in [2.75, 3.05) is 0 Å². The molecular formula is C16H20N4O3S. The molecule has 2 aromatic heterocycles. The third kappa shape index (κ3) is 2.82. The highest BCUT2D eigenvalue weighted by molar-refractivity contribution is 7.20. The van der Waals surface area contributed by atoms with Gasteiger partial charge in [-0.05, 0) is 32.3 Å². The number of rotatable bonds is 3. The van der Waals surface area contributed by atoms with Crippen molar-refractivity contribution < 1.29 is 9.59 Å². The van der Waals surface area contributed by atoms with E-state index in [2.05, 4.69) is 10.3 Å². The quantitative estimate of drug-likeness (QED) is 0.866. The lowest BCUT2D eigenvalue weighted by molar-refractivity contribution is -0.119. The average molecular weight is 348 g/mol. The minimum atomic E-state index is -0.770. The van der Waals surface area contributed by atoms with Gasteiger partial charge in [-0.3, -0.25) is 19.0 Å². The van der Waals surface area contributed by atoms with Crippen molar-refractivity contribution in [1.82, 2.24) is 14.9 Å². The van der Waals surface area contributed by atoms with E-state index in [0.29, 0.717) is 27.2 Å². The monoisotopic (exact) mass is 348 g/mol. The van der Waals surface area contributed by atoms with Crippen LogP contribution in [0.15, 0.2) is 4.79 Å². The Morgan fingerprint density at radius 3 is 2.79 bits per heavy atom. The van der Waals surface area contributed by atoms with E-state index in [9.17, 15) is 14.4 Å². The van der Waals surface area contributed by atoms with Crippen molar-refractivity contribution in [3.05, 3.63) is 26.6 Å². The number of amides is 2. The molecule has 0 spiro atoms. The second-order valence-electron chi connectivity index (χ2n) is 6.13. The molecule has 0 saturated carbocycles. The number of aryl methyl sites for hydroxylation is 2. The second kappa shape index (κ2) is 6.35. The largest absolute Gasteiger partial charge is 0.368 e. The number of thiophene rings is 1. The van der Waals surface area contributed by atoms with Gasteiger partial charge in [0, 0.05) is 13.0 Å². The fourth-order valence-corrected chi connectivity index (χ4v) is 4.05. The molecule has 128 valence electrons. The Bertz CT molecular complexity index is 884. The molecule has 1 unspecified atom stereocenters. The number of primary amides is 1. The number of carbonyl (C=O) groups excluding carboxylic acids is 2. The molecule has 0 fully saturated rings. The molecule has 0 bridgehead atoms. The zero-order valence-corrected chi connectivity index (χ0v) is 14.5. The molecule has 7 nitrogen and oxygen atoms in total. The number of hydrogen-bond donors (Lipinski definition) is 2. The maximum absolute atomic E-state index is 12.8. The summed E-state index contributed by atoms with van der Waals surface area (Å²) in [7, 11) is 0. The second-order valence-corrected chi connectivity index (χ2v) is 7.13. The van der Waals surface area contributed by atoms with Crippen molar-refractivity contribution in [3.63, 3.8) is 0 Å². The third-order valence-electron chi connectivity index (χ3n) is 4.39. The molecule has 8 heteroatoms. The minimum Gasteiger partial charge on any atom is -0.368 e. The molecule has 2 aromatic rings. The first-order chi connectivity index (χ1) is 11.4. The Hall–Kier alpha value is -2.22. The Kier molecular flexibility index (Phi) is 4.40. The molecule has 1 aliphatic heterocycles. The normalized spacial score (nSPS) is 15.6. The predicted molar refractivity (Wildman–Crippen MR) is 92.3 cm³/mol. The number of nitrogens with one attached hydrogen (secondary N) is 1. The average Bonchev–Trinajstić information content (AvgIpc) is 2.71. The summed E-state index contributed by atoms with van der Waals surface area (Å²) in [6, 6.07) is -0.770. The van der Waals surface area contributed by atoms with E-state index in [1.807, 2.05) is 0 Å². The van der Waals surface area contributed by atoms with E-state index >= 15 is 0 Å². The van der Waals surface area contributed by atoms with Gasteiger partial charge in [0.2, 0.25) is 5.91 Å². The molecular weight excluding hydrogens is 328 g/mol. The highest BCUT2D eigenvalue weighted by Gasteiger charge is 2.23. The summed E-state index contributed by atoms with van der Waals surface area (Å²) in [6.07, 6.45) is 3.86. The Morgan fingerprint density at radius 1 is 1.33 bits per heavy atom. The highest BCUT2D eigenvalue weighted by atomic mass is 32.1. The molecule has 3 rings (SSSR count). The van der Waals surface area contributed by atoms with Crippen LogP contribution >= 0.6 is 11.3 Å². The van der Waals surface area contributed by atoms with Crippen molar-refractivity contribution in [3.8, 4) is 0 Å². The molecule has 3 N–H and O–H groups in total. The number of carbonyl (C=O) groups is 2. The van der Waals surface area contributed by atoms with Crippen LogP contribution in [0, 0.1) is 6.92 Å². The van der Waals surface area contributed by atoms with Gasteiger partial charge in [-0.2, -0.15) is 0 Å². The van der Waals surface area contributed by atoms with Crippen LogP contribution in [-0.2, 0) is 17.8 Å². The number of nitrogens with zero attached hydrogens (tertiary/aromatic N) is 2. The Labute approximate surface area is 142 Å². The summed E-state index contributed by atoms with van der Waals surface area (Å²) in [6.45, 7) is 3.94. The zero-order valence-electron chi connectivity index (χ0n) is 13.7. The predicted octanol–water partition coefficient (Wildman–Crippen LogP) is 1.10. The molecule has 0 aliphatic carbocycles. The number of nitrogens with two attached hydrogens (primary N) is 1. The number of hydrogen-bond acceptors (Lipinski definition) is 5. The molecule has 1 aliphatic rings. The van der Waals surface area contributed by atoms with E-state index in [-0.39, 0.29) is 5.56 Å². The van der Waals surface area contributed by atoms with Crippen molar-refractivity contribution in [1.29, 1.82) is 0 Å². The smallest absolute Gasteiger partial charge is 0.262 e. The van der Waals surface area contributed by atoms with Crippen LogP contribution in [0.2, 0.25) is 0 Å². The van der Waals surface area contributed by atoms with Crippen molar-refractivity contribution in [2.24, 2.45) is 5.73 Å². The van der Waals surface area contributed by atoms with E-state index in [4.69, 9.17) is 5.73 Å². The minimum absolute atomic E-state index is 0.0763. The van der Waals surface area contributed by atoms with E-state index < -0.39 is 17.9 Å². The van der Waals surface area contributed by atoms with Gasteiger partial charge in [-0.1, -0.05) is 6.42 Å². The summed E-state index contributed by atoms with van der Waals surface area (Å²) in [4.78, 5) is 42.0. The molecule has 2 amide bonds. The van der Waals surface area contributed by atoms with Crippen LogP contribution in [0.3, 0.4) is 0 Å². The summed E-state index contributed by atoms with van der Waals surface area (Å²) >= 11 is 1.19. The van der Waals surface area contributed by atoms with Crippen LogP contribution in [0.5, 0.6) is 0 Å². The maximum atomic E-state index is 12.8. The fourth-order valence-electron chi connectivity index (χ4n) is 2.96. The van der Waals surface area contributed by atoms with Gasteiger partial charge in [0.1, 0.15) is 16.7 Å². The Morgan fingerprint density at radius 2 is 2.08 bits per heavy atom. The molecule has 24 heavy (non-hydrogen) atoms. The number of aromatic nitrogens is 2. The van der Waals surface area contributed by atoms with E-state index in [1.54, 1.807) is 11.5 Å². The van der Waals surface area contributed by atoms with Gasteiger partial charge in [0.25, 0.3) is 11.5 Å². The maximum Gasteiger partial charge on any atom is 0.262 e. The van der Waals surface area contributed by atoms with Crippen molar-refractivity contribution >= 4 is 33.4 Å². The third-order valence-corrected chi connectivity index (χ3v) is 5.58. The van der Waals surface area contributed by atoms with Crippen LogP contribution in [0.1, 0.15) is 47.2 Å². The lowest BCUT2D eigenvalue weighted by Crippen LogP contribution is -2.42. The first kappa shape index (κ1) is 16.6. The topological polar surface area (TPSA) is 107 Å². The molecule has 0 radical (unpaired) electrons.